The number of thiazole rings is 2. The summed E-state index contributed by atoms with van der Waals surface area (Å²) in [5.41, 5.74) is 3.75. The van der Waals surface area contributed by atoms with Gasteiger partial charge in [0.2, 0.25) is 0 Å². The van der Waals surface area contributed by atoms with Crippen molar-refractivity contribution in [1.29, 1.82) is 0 Å². The van der Waals surface area contributed by atoms with Crippen molar-refractivity contribution in [2.24, 2.45) is 5.92 Å². The molecule has 2 heterocycles. The number of aromatic nitrogens is 2. The number of methoxy groups -OCH3 is 1. The maximum absolute atomic E-state index is 13.1. The second-order valence-corrected chi connectivity index (χ2v) is 14.2. The van der Waals surface area contributed by atoms with E-state index in [4.69, 9.17) is 32.7 Å². The third-order valence-corrected chi connectivity index (χ3v) is 8.43. The number of hydrogen-bond donors (Lipinski definition) is 4. The van der Waals surface area contributed by atoms with Crippen LogP contribution in [-0.4, -0.2) is 41.5 Å². The zero-order chi connectivity index (χ0) is 35.5. The molecule has 0 saturated heterocycles. The molecule has 0 atom stereocenters. The summed E-state index contributed by atoms with van der Waals surface area (Å²) in [4.78, 5) is 45.3. The number of nitrogens with one attached hydrogen (secondary N) is 4. The highest BCUT2D eigenvalue weighted by Crippen LogP contribution is 2.29. The summed E-state index contributed by atoms with van der Waals surface area (Å²) in [6.45, 7) is 8.58. The minimum absolute atomic E-state index is 0.247. The van der Waals surface area contributed by atoms with Crippen LogP contribution in [0.4, 0.5) is 31.2 Å². The van der Waals surface area contributed by atoms with Crippen molar-refractivity contribution in [3.63, 3.8) is 0 Å². The molecular formula is C34H34Cl2N6O5S2. The third-order valence-electron chi connectivity index (χ3n) is 6.37. The number of urea groups is 2. The Labute approximate surface area is 302 Å². The topological polar surface area (TPSA) is 144 Å². The Kier molecular flexibility index (Phi) is 13.4. The number of ether oxygens (including phenoxy) is 2. The van der Waals surface area contributed by atoms with E-state index in [1.165, 1.54) is 30.8 Å². The monoisotopic (exact) mass is 740 g/mol. The molecule has 2 aromatic heterocycles. The van der Waals surface area contributed by atoms with Crippen LogP contribution < -0.4 is 30.7 Å². The van der Waals surface area contributed by atoms with Gasteiger partial charge >= 0.3 is 12.1 Å². The summed E-state index contributed by atoms with van der Waals surface area (Å²) in [7, 11) is 1.51. The lowest BCUT2D eigenvalue weighted by Gasteiger charge is -2.14. The van der Waals surface area contributed by atoms with Gasteiger partial charge in [-0.1, -0.05) is 89.6 Å². The summed E-state index contributed by atoms with van der Waals surface area (Å²) in [6.07, 6.45) is 2.94. The van der Waals surface area contributed by atoms with Crippen LogP contribution in [0.2, 0.25) is 8.67 Å². The first-order valence-electron chi connectivity index (χ1n) is 14.8. The second-order valence-electron chi connectivity index (χ2n) is 10.9. The van der Waals surface area contributed by atoms with E-state index in [9.17, 15) is 14.4 Å². The molecule has 0 fully saturated rings. The SMILES string of the molecule is COc1ccccc1C(=O)c1cc(C)ccc1NC(=O)Nc1ncc(Cl)s1.Cc1ccc(NC(=O)Nc2ncc(Cl)s2)c(OCC(C)C)c1. The predicted octanol–water partition coefficient (Wildman–Crippen LogP) is 9.77. The van der Waals surface area contributed by atoms with E-state index in [1.807, 2.05) is 38.1 Å². The number of anilines is 4. The molecule has 4 N–H and O–H groups in total. The Morgan fingerprint density at radius 2 is 1.29 bits per heavy atom. The first kappa shape index (κ1) is 37.1. The molecule has 0 radical (unpaired) electrons. The van der Waals surface area contributed by atoms with E-state index in [0.717, 1.165) is 22.5 Å². The standard InChI is InChI=1S/C19H16ClN3O3S.C15H18ClN3O2S/c1-11-7-8-14(22-18(25)23-19-21-10-16(20)27-19)13(9-11)17(24)12-5-3-4-6-15(12)26-2;1-9(2)8-21-12-6-10(3)4-5-11(12)18-14(20)19-15-17-7-13(16)22-15/h3-10H,1-2H3,(H2,21,22,23,25);4-7,9H,8H2,1-3H3,(H2,17,18,19,20). The molecule has 256 valence electrons. The Bertz CT molecular complexity index is 1930. The largest absolute Gasteiger partial charge is 0.496 e. The van der Waals surface area contributed by atoms with Gasteiger partial charge in [-0.25, -0.2) is 19.6 Å². The van der Waals surface area contributed by atoms with Gasteiger partial charge in [0.1, 0.15) is 20.2 Å². The fourth-order valence-electron chi connectivity index (χ4n) is 4.17. The molecule has 11 nitrogen and oxygen atoms in total. The Balaban J connectivity index is 0.000000226. The van der Waals surface area contributed by atoms with Gasteiger partial charge in [-0.3, -0.25) is 15.4 Å². The lowest BCUT2D eigenvalue weighted by Crippen LogP contribution is -2.21. The van der Waals surface area contributed by atoms with Crippen molar-refractivity contribution >= 4 is 85.4 Å². The third kappa shape index (κ3) is 11.2. The van der Waals surface area contributed by atoms with Crippen molar-refractivity contribution in [2.45, 2.75) is 27.7 Å². The molecule has 0 aliphatic rings. The van der Waals surface area contributed by atoms with Crippen molar-refractivity contribution in [1.82, 2.24) is 9.97 Å². The maximum atomic E-state index is 13.1. The molecule has 5 aromatic rings. The van der Waals surface area contributed by atoms with E-state index < -0.39 is 6.03 Å². The van der Waals surface area contributed by atoms with Gasteiger partial charge < -0.3 is 20.1 Å². The quantitative estimate of drug-likeness (QED) is 0.104. The predicted molar refractivity (Wildman–Crippen MR) is 199 cm³/mol. The van der Waals surface area contributed by atoms with E-state index in [0.29, 0.717) is 65.5 Å². The van der Waals surface area contributed by atoms with Crippen LogP contribution in [-0.2, 0) is 0 Å². The lowest BCUT2D eigenvalue weighted by molar-refractivity contribution is 0.103. The number of para-hydroxylation sites is 1. The van der Waals surface area contributed by atoms with Crippen LogP contribution in [0.1, 0.15) is 40.9 Å². The van der Waals surface area contributed by atoms with Crippen LogP contribution in [0.5, 0.6) is 11.5 Å². The lowest BCUT2D eigenvalue weighted by atomic mass is 9.99. The molecule has 49 heavy (non-hydrogen) atoms. The second kappa shape index (κ2) is 17.6. The summed E-state index contributed by atoms with van der Waals surface area (Å²) < 4.78 is 12.0. The number of halogens is 2. The van der Waals surface area contributed by atoms with E-state index in [2.05, 4.69) is 45.1 Å². The number of carbonyl (C=O) groups excluding carboxylic acids is 3. The number of carbonyl (C=O) groups is 3. The number of rotatable bonds is 10. The van der Waals surface area contributed by atoms with Crippen LogP contribution in [0, 0.1) is 19.8 Å². The molecule has 15 heteroatoms. The molecule has 0 unspecified atom stereocenters. The molecule has 5 rings (SSSR count). The van der Waals surface area contributed by atoms with Gasteiger partial charge in [0.15, 0.2) is 16.0 Å². The number of aryl methyl sites for hydroxylation is 2. The minimum atomic E-state index is -0.515. The Hall–Kier alpha value is -4.69. The van der Waals surface area contributed by atoms with Crippen molar-refractivity contribution in [3.8, 4) is 11.5 Å². The van der Waals surface area contributed by atoms with E-state index in [1.54, 1.807) is 36.4 Å². The Morgan fingerprint density at radius 1 is 0.735 bits per heavy atom. The number of amides is 4. The van der Waals surface area contributed by atoms with Gasteiger partial charge in [-0.05, 0) is 61.7 Å². The number of nitrogens with zero attached hydrogens (tertiary/aromatic N) is 2. The number of ketones is 1. The van der Waals surface area contributed by atoms with Crippen LogP contribution >= 0.6 is 45.9 Å². The highest BCUT2D eigenvalue weighted by atomic mass is 35.5. The molecular weight excluding hydrogens is 707 g/mol. The van der Waals surface area contributed by atoms with Gasteiger partial charge in [-0.15, -0.1) is 0 Å². The highest BCUT2D eigenvalue weighted by molar-refractivity contribution is 7.19. The molecule has 0 aliphatic carbocycles. The number of hydrogen-bond acceptors (Lipinski definition) is 9. The van der Waals surface area contributed by atoms with Gasteiger partial charge in [-0.2, -0.15) is 0 Å². The molecule has 4 amide bonds. The molecule has 0 bridgehead atoms. The van der Waals surface area contributed by atoms with Crippen molar-refractivity contribution < 1.29 is 23.9 Å². The Morgan fingerprint density at radius 3 is 1.84 bits per heavy atom. The molecule has 0 spiro atoms. The van der Waals surface area contributed by atoms with Gasteiger partial charge in [0.05, 0.1) is 43.0 Å². The average Bonchev–Trinajstić information content (AvgIpc) is 3.67. The molecule has 0 aliphatic heterocycles. The summed E-state index contributed by atoms with van der Waals surface area (Å²) >= 11 is 13.9. The maximum Gasteiger partial charge on any atom is 0.325 e. The van der Waals surface area contributed by atoms with E-state index in [-0.39, 0.29) is 11.8 Å². The normalized spacial score (nSPS) is 10.4. The summed E-state index contributed by atoms with van der Waals surface area (Å²) in [5.74, 6) is 1.28. The summed E-state index contributed by atoms with van der Waals surface area (Å²) in [6, 6.07) is 16.9. The smallest absolute Gasteiger partial charge is 0.325 e. The van der Waals surface area contributed by atoms with Gasteiger partial charge in [0, 0.05) is 5.56 Å². The molecule has 3 aromatic carbocycles. The fraction of sp³-hybridized carbons (Fsp3) is 0.206. The van der Waals surface area contributed by atoms with E-state index >= 15 is 0 Å². The molecule has 0 saturated carbocycles. The summed E-state index contributed by atoms with van der Waals surface area (Å²) in [5, 5.41) is 11.5. The van der Waals surface area contributed by atoms with Crippen LogP contribution in [0.15, 0.2) is 73.1 Å². The van der Waals surface area contributed by atoms with Crippen LogP contribution in [0.3, 0.4) is 0 Å². The van der Waals surface area contributed by atoms with Gasteiger partial charge in [0.25, 0.3) is 0 Å². The average molecular weight is 742 g/mol. The zero-order valence-electron chi connectivity index (χ0n) is 27.2. The number of benzene rings is 3. The fourth-order valence-corrected chi connectivity index (χ4v) is 5.78. The first-order chi connectivity index (χ1) is 23.4. The minimum Gasteiger partial charge on any atom is -0.496 e. The highest BCUT2D eigenvalue weighted by Gasteiger charge is 2.19. The zero-order valence-corrected chi connectivity index (χ0v) is 30.4. The van der Waals surface area contributed by atoms with Crippen molar-refractivity contribution in [3.05, 3.63) is 104 Å². The van der Waals surface area contributed by atoms with Crippen LogP contribution in [0.25, 0.3) is 0 Å². The first-order valence-corrected chi connectivity index (χ1v) is 17.2. The van der Waals surface area contributed by atoms with Crippen molar-refractivity contribution in [2.75, 3.05) is 35.0 Å².